The number of hydrogen-bond acceptors (Lipinski definition) is 3. The Balaban J connectivity index is 2.17. The van der Waals surface area contributed by atoms with E-state index in [0.717, 1.165) is 16.8 Å². The van der Waals surface area contributed by atoms with Gasteiger partial charge in [0.25, 0.3) is 5.89 Å². The lowest BCUT2D eigenvalue weighted by Crippen LogP contribution is -1.78. The average molecular weight is 213 g/mol. The van der Waals surface area contributed by atoms with E-state index in [4.69, 9.17) is 4.52 Å². The van der Waals surface area contributed by atoms with E-state index < -0.39 is 0 Å². The summed E-state index contributed by atoms with van der Waals surface area (Å²) in [5, 5.41) is 4.97. The Morgan fingerprint density at radius 2 is 2.06 bits per heavy atom. The fourth-order valence-corrected chi connectivity index (χ4v) is 1.82. The lowest BCUT2D eigenvalue weighted by molar-refractivity contribution is 0.425. The van der Waals surface area contributed by atoms with Crippen molar-refractivity contribution < 1.29 is 4.52 Å². The fourth-order valence-electron chi connectivity index (χ4n) is 1.82. The molecule has 80 valence electrons. The number of benzene rings is 1. The molecule has 0 radical (unpaired) electrons. The van der Waals surface area contributed by atoms with Gasteiger partial charge in [-0.25, -0.2) is 0 Å². The second-order valence-electron chi connectivity index (χ2n) is 3.90. The van der Waals surface area contributed by atoms with Crippen molar-refractivity contribution in [2.24, 2.45) is 0 Å². The van der Waals surface area contributed by atoms with Gasteiger partial charge in [-0.1, -0.05) is 11.2 Å². The predicted molar refractivity (Wildman–Crippen MR) is 61.1 cm³/mol. The molecule has 0 saturated heterocycles. The van der Waals surface area contributed by atoms with Gasteiger partial charge < -0.3 is 9.51 Å². The standard InChI is InChI=1S/C12H11N3O/c1-7-5-9-3-4-10(6-11(9)13-7)12-14-8(2)15-16-12/h3-6,13H,1-2H3. The van der Waals surface area contributed by atoms with E-state index >= 15 is 0 Å². The van der Waals surface area contributed by atoms with Crippen molar-refractivity contribution in [3.63, 3.8) is 0 Å². The maximum absolute atomic E-state index is 5.13. The summed E-state index contributed by atoms with van der Waals surface area (Å²) in [5.41, 5.74) is 3.18. The van der Waals surface area contributed by atoms with Gasteiger partial charge in [0, 0.05) is 16.8 Å². The van der Waals surface area contributed by atoms with Gasteiger partial charge in [0.15, 0.2) is 5.82 Å². The molecule has 0 unspecified atom stereocenters. The fraction of sp³-hybridized carbons (Fsp3) is 0.167. The summed E-state index contributed by atoms with van der Waals surface area (Å²) in [4.78, 5) is 7.49. The number of hydrogen-bond donors (Lipinski definition) is 1. The van der Waals surface area contributed by atoms with Crippen molar-refractivity contribution in [2.75, 3.05) is 0 Å². The van der Waals surface area contributed by atoms with Crippen LogP contribution in [-0.2, 0) is 0 Å². The molecule has 0 atom stereocenters. The van der Waals surface area contributed by atoms with Crippen LogP contribution in [0.2, 0.25) is 0 Å². The van der Waals surface area contributed by atoms with Crippen LogP contribution in [0.1, 0.15) is 11.5 Å². The maximum atomic E-state index is 5.13. The second-order valence-corrected chi connectivity index (χ2v) is 3.90. The summed E-state index contributed by atoms with van der Waals surface area (Å²) in [6.07, 6.45) is 0. The van der Waals surface area contributed by atoms with Crippen LogP contribution in [0.4, 0.5) is 0 Å². The number of fused-ring (bicyclic) bond motifs is 1. The molecule has 0 bridgehead atoms. The maximum Gasteiger partial charge on any atom is 0.257 e. The molecule has 0 fully saturated rings. The Labute approximate surface area is 92.3 Å². The van der Waals surface area contributed by atoms with Gasteiger partial charge in [-0.05, 0) is 37.4 Å². The number of nitrogens with zero attached hydrogens (tertiary/aromatic N) is 2. The molecule has 4 nitrogen and oxygen atoms in total. The van der Waals surface area contributed by atoms with Crippen LogP contribution in [0.5, 0.6) is 0 Å². The zero-order valence-electron chi connectivity index (χ0n) is 9.11. The first kappa shape index (κ1) is 9.15. The molecule has 0 aliphatic heterocycles. The van der Waals surface area contributed by atoms with Gasteiger partial charge in [0.2, 0.25) is 0 Å². The van der Waals surface area contributed by atoms with E-state index in [2.05, 4.69) is 21.2 Å². The minimum absolute atomic E-state index is 0.562. The smallest absolute Gasteiger partial charge is 0.257 e. The van der Waals surface area contributed by atoms with E-state index in [0.29, 0.717) is 11.7 Å². The van der Waals surface area contributed by atoms with Gasteiger partial charge in [-0.3, -0.25) is 0 Å². The highest BCUT2D eigenvalue weighted by Gasteiger charge is 2.07. The zero-order chi connectivity index (χ0) is 11.1. The summed E-state index contributed by atoms with van der Waals surface area (Å²) in [5.74, 6) is 1.21. The summed E-state index contributed by atoms with van der Waals surface area (Å²) < 4.78 is 5.13. The van der Waals surface area contributed by atoms with Gasteiger partial charge in [0.05, 0.1) is 0 Å². The largest absolute Gasteiger partial charge is 0.359 e. The van der Waals surface area contributed by atoms with Gasteiger partial charge in [0.1, 0.15) is 0 Å². The molecular weight excluding hydrogens is 202 g/mol. The molecule has 3 aromatic rings. The highest BCUT2D eigenvalue weighted by Crippen LogP contribution is 2.23. The Kier molecular flexibility index (Phi) is 1.83. The highest BCUT2D eigenvalue weighted by atomic mass is 16.5. The molecule has 0 aliphatic carbocycles. The van der Waals surface area contributed by atoms with Crippen LogP contribution in [0.15, 0.2) is 28.8 Å². The number of aryl methyl sites for hydroxylation is 2. The third kappa shape index (κ3) is 1.39. The number of nitrogens with one attached hydrogen (secondary N) is 1. The molecule has 0 aliphatic rings. The van der Waals surface area contributed by atoms with E-state index in [1.807, 2.05) is 32.0 Å². The minimum atomic E-state index is 0.562. The van der Waals surface area contributed by atoms with Crippen molar-refractivity contribution in [1.82, 2.24) is 15.1 Å². The Morgan fingerprint density at radius 3 is 2.81 bits per heavy atom. The number of rotatable bonds is 1. The van der Waals surface area contributed by atoms with E-state index in [1.54, 1.807) is 0 Å². The molecule has 16 heavy (non-hydrogen) atoms. The molecule has 2 heterocycles. The van der Waals surface area contributed by atoms with E-state index in [9.17, 15) is 0 Å². The van der Waals surface area contributed by atoms with Crippen molar-refractivity contribution in [1.29, 1.82) is 0 Å². The van der Waals surface area contributed by atoms with Crippen molar-refractivity contribution in [3.05, 3.63) is 35.8 Å². The Bertz CT molecular complexity index is 651. The number of aromatic nitrogens is 3. The zero-order valence-corrected chi connectivity index (χ0v) is 9.11. The third-order valence-electron chi connectivity index (χ3n) is 2.53. The minimum Gasteiger partial charge on any atom is -0.359 e. The summed E-state index contributed by atoms with van der Waals surface area (Å²) in [6, 6.07) is 8.17. The average Bonchev–Trinajstić information content (AvgIpc) is 2.81. The molecule has 0 amide bonds. The van der Waals surface area contributed by atoms with Crippen LogP contribution in [0, 0.1) is 13.8 Å². The summed E-state index contributed by atoms with van der Waals surface area (Å²) in [7, 11) is 0. The molecule has 4 heteroatoms. The molecule has 3 rings (SSSR count). The Morgan fingerprint density at radius 1 is 1.19 bits per heavy atom. The molecular formula is C12H11N3O. The first-order valence-electron chi connectivity index (χ1n) is 5.12. The first-order chi connectivity index (χ1) is 7.72. The number of aromatic amines is 1. The van der Waals surface area contributed by atoms with Crippen LogP contribution in [0.25, 0.3) is 22.4 Å². The summed E-state index contributed by atoms with van der Waals surface area (Å²) >= 11 is 0. The van der Waals surface area contributed by atoms with Gasteiger partial charge >= 0.3 is 0 Å². The van der Waals surface area contributed by atoms with E-state index in [1.165, 1.54) is 5.39 Å². The lowest BCUT2D eigenvalue weighted by atomic mass is 10.1. The van der Waals surface area contributed by atoms with Gasteiger partial charge in [-0.15, -0.1) is 0 Å². The molecule has 1 aromatic carbocycles. The second kappa shape index (κ2) is 3.20. The first-order valence-corrected chi connectivity index (χ1v) is 5.12. The highest BCUT2D eigenvalue weighted by molar-refractivity contribution is 5.84. The lowest BCUT2D eigenvalue weighted by Gasteiger charge is -1.94. The quantitative estimate of drug-likeness (QED) is 0.676. The Hall–Kier alpha value is -2.10. The van der Waals surface area contributed by atoms with Crippen molar-refractivity contribution in [3.8, 4) is 11.5 Å². The van der Waals surface area contributed by atoms with Crippen LogP contribution in [0.3, 0.4) is 0 Å². The monoisotopic (exact) mass is 213 g/mol. The van der Waals surface area contributed by atoms with Crippen LogP contribution >= 0.6 is 0 Å². The third-order valence-corrected chi connectivity index (χ3v) is 2.53. The predicted octanol–water partition coefficient (Wildman–Crippen LogP) is 2.83. The van der Waals surface area contributed by atoms with Gasteiger partial charge in [-0.2, -0.15) is 4.98 Å². The SMILES string of the molecule is Cc1noc(-c2ccc3cc(C)[nH]c3c2)n1. The molecule has 0 spiro atoms. The summed E-state index contributed by atoms with van der Waals surface area (Å²) in [6.45, 7) is 3.85. The number of H-pyrrole nitrogens is 1. The molecule has 2 aromatic heterocycles. The van der Waals surface area contributed by atoms with Crippen molar-refractivity contribution >= 4 is 10.9 Å². The molecule has 1 N–H and O–H groups in total. The van der Waals surface area contributed by atoms with E-state index in [-0.39, 0.29) is 0 Å². The topological polar surface area (TPSA) is 54.7 Å². The normalized spacial score (nSPS) is 11.1. The van der Waals surface area contributed by atoms with Crippen LogP contribution < -0.4 is 0 Å². The molecule has 0 saturated carbocycles. The van der Waals surface area contributed by atoms with Crippen LogP contribution in [-0.4, -0.2) is 15.1 Å². The van der Waals surface area contributed by atoms with Crippen molar-refractivity contribution in [2.45, 2.75) is 13.8 Å².